The fourth-order valence-corrected chi connectivity index (χ4v) is 3.66. The van der Waals surface area contributed by atoms with E-state index in [0.717, 1.165) is 38.2 Å². The summed E-state index contributed by atoms with van der Waals surface area (Å²) in [5.74, 6) is 2.10. The van der Waals surface area contributed by atoms with Gasteiger partial charge in [0.15, 0.2) is 11.5 Å². The number of fused-ring (bicyclic) bond motifs is 1. The number of hydrogen-bond donors (Lipinski definition) is 2. The molecule has 150 valence electrons. The number of nitrogens with one attached hydrogen (secondary N) is 1. The SMILES string of the molecule is OC(CNC1CCN(Cc2ccccc2)CC1)COc1ccc2c(c1)OCO2. The van der Waals surface area contributed by atoms with Gasteiger partial charge >= 0.3 is 0 Å². The van der Waals surface area contributed by atoms with Crippen molar-refractivity contribution in [3.05, 3.63) is 54.1 Å². The smallest absolute Gasteiger partial charge is 0.231 e. The van der Waals surface area contributed by atoms with E-state index in [1.54, 1.807) is 6.07 Å². The van der Waals surface area contributed by atoms with Crippen molar-refractivity contribution in [2.75, 3.05) is 33.0 Å². The second-order valence-corrected chi connectivity index (χ2v) is 7.42. The molecule has 0 radical (unpaired) electrons. The maximum absolute atomic E-state index is 10.2. The van der Waals surface area contributed by atoms with Crippen LogP contribution in [0.3, 0.4) is 0 Å². The van der Waals surface area contributed by atoms with E-state index in [1.165, 1.54) is 5.56 Å². The van der Waals surface area contributed by atoms with Gasteiger partial charge < -0.3 is 24.6 Å². The molecule has 4 rings (SSSR count). The molecular weight excluding hydrogens is 356 g/mol. The van der Waals surface area contributed by atoms with Gasteiger partial charge in [0.25, 0.3) is 0 Å². The number of likely N-dealkylation sites (tertiary alicyclic amines) is 1. The Morgan fingerprint density at radius 3 is 2.68 bits per heavy atom. The van der Waals surface area contributed by atoms with Gasteiger partial charge in [-0.25, -0.2) is 0 Å². The van der Waals surface area contributed by atoms with E-state index in [4.69, 9.17) is 14.2 Å². The van der Waals surface area contributed by atoms with E-state index >= 15 is 0 Å². The predicted octanol–water partition coefficient (Wildman–Crippen LogP) is 2.41. The zero-order chi connectivity index (χ0) is 19.2. The largest absolute Gasteiger partial charge is 0.491 e. The lowest BCUT2D eigenvalue weighted by molar-refractivity contribution is 0.0978. The van der Waals surface area contributed by atoms with Crippen molar-refractivity contribution in [1.29, 1.82) is 0 Å². The van der Waals surface area contributed by atoms with Crippen molar-refractivity contribution < 1.29 is 19.3 Å². The molecule has 2 aromatic rings. The summed E-state index contributed by atoms with van der Waals surface area (Å²) in [6.07, 6.45) is 1.65. The van der Waals surface area contributed by atoms with Crippen LogP contribution in [0.1, 0.15) is 18.4 Å². The monoisotopic (exact) mass is 384 g/mol. The van der Waals surface area contributed by atoms with Crippen molar-refractivity contribution >= 4 is 0 Å². The molecule has 1 saturated heterocycles. The third kappa shape index (κ3) is 5.16. The molecule has 1 unspecified atom stereocenters. The molecule has 0 aliphatic carbocycles. The number of benzene rings is 2. The molecule has 28 heavy (non-hydrogen) atoms. The summed E-state index contributed by atoms with van der Waals surface area (Å²) in [6, 6.07) is 16.5. The average molecular weight is 384 g/mol. The Bertz CT molecular complexity index is 747. The van der Waals surface area contributed by atoms with Crippen molar-refractivity contribution in [2.24, 2.45) is 0 Å². The first-order chi connectivity index (χ1) is 13.8. The molecule has 0 spiro atoms. The zero-order valence-corrected chi connectivity index (χ0v) is 16.0. The first-order valence-electron chi connectivity index (χ1n) is 9.96. The van der Waals surface area contributed by atoms with Crippen LogP contribution in [0.15, 0.2) is 48.5 Å². The van der Waals surface area contributed by atoms with Crippen molar-refractivity contribution in [3.63, 3.8) is 0 Å². The van der Waals surface area contributed by atoms with E-state index in [-0.39, 0.29) is 13.4 Å². The van der Waals surface area contributed by atoms with Gasteiger partial charge in [0.2, 0.25) is 6.79 Å². The van der Waals surface area contributed by atoms with E-state index in [9.17, 15) is 5.11 Å². The summed E-state index contributed by atoms with van der Waals surface area (Å²) in [5.41, 5.74) is 1.37. The van der Waals surface area contributed by atoms with E-state index < -0.39 is 6.10 Å². The topological polar surface area (TPSA) is 63.2 Å². The van der Waals surface area contributed by atoms with Crippen molar-refractivity contribution in [1.82, 2.24) is 10.2 Å². The lowest BCUT2D eigenvalue weighted by Crippen LogP contribution is -2.45. The first-order valence-corrected chi connectivity index (χ1v) is 9.96. The molecule has 0 amide bonds. The highest BCUT2D eigenvalue weighted by Crippen LogP contribution is 2.35. The minimum Gasteiger partial charge on any atom is -0.491 e. The summed E-state index contributed by atoms with van der Waals surface area (Å²) in [6.45, 7) is 4.20. The van der Waals surface area contributed by atoms with Gasteiger partial charge in [-0.05, 0) is 43.6 Å². The van der Waals surface area contributed by atoms with Gasteiger partial charge in [-0.3, -0.25) is 4.90 Å². The Balaban J connectivity index is 1.13. The second-order valence-electron chi connectivity index (χ2n) is 7.42. The standard InChI is InChI=1S/C22H28N2O4/c25-19(15-26-20-6-7-21-22(12-20)28-16-27-21)13-23-18-8-10-24(11-9-18)14-17-4-2-1-3-5-17/h1-7,12,18-19,23,25H,8-11,13-16H2. The molecule has 0 bridgehead atoms. The summed E-state index contributed by atoms with van der Waals surface area (Å²) >= 11 is 0. The highest BCUT2D eigenvalue weighted by molar-refractivity contribution is 5.46. The van der Waals surface area contributed by atoms with Gasteiger partial charge in [0, 0.05) is 25.2 Å². The highest BCUT2D eigenvalue weighted by Gasteiger charge is 2.20. The van der Waals surface area contributed by atoms with Crippen LogP contribution in [0.2, 0.25) is 0 Å². The normalized spacial score (nSPS) is 18.2. The fourth-order valence-electron chi connectivity index (χ4n) is 3.66. The van der Waals surface area contributed by atoms with Crippen LogP contribution < -0.4 is 19.5 Å². The Morgan fingerprint density at radius 1 is 1.07 bits per heavy atom. The molecule has 2 aliphatic rings. The fraction of sp³-hybridized carbons (Fsp3) is 0.455. The molecule has 2 aliphatic heterocycles. The molecule has 1 atom stereocenters. The maximum Gasteiger partial charge on any atom is 0.231 e. The van der Waals surface area contributed by atoms with Crippen LogP contribution >= 0.6 is 0 Å². The van der Waals surface area contributed by atoms with E-state index in [0.29, 0.717) is 24.1 Å². The summed E-state index contributed by atoms with van der Waals surface area (Å²) in [7, 11) is 0. The zero-order valence-electron chi connectivity index (χ0n) is 16.0. The third-order valence-electron chi connectivity index (χ3n) is 5.27. The van der Waals surface area contributed by atoms with Gasteiger partial charge in [-0.1, -0.05) is 30.3 Å². The lowest BCUT2D eigenvalue weighted by Gasteiger charge is -2.33. The van der Waals surface area contributed by atoms with Gasteiger partial charge in [0.05, 0.1) is 0 Å². The van der Waals surface area contributed by atoms with Crippen LogP contribution in [-0.4, -0.2) is 55.2 Å². The van der Waals surface area contributed by atoms with Crippen LogP contribution in [0, 0.1) is 0 Å². The van der Waals surface area contributed by atoms with Crippen LogP contribution in [0.25, 0.3) is 0 Å². The van der Waals surface area contributed by atoms with E-state index in [1.807, 2.05) is 12.1 Å². The Kier molecular flexibility index (Phi) is 6.31. The maximum atomic E-state index is 10.2. The minimum atomic E-state index is -0.548. The Morgan fingerprint density at radius 2 is 1.86 bits per heavy atom. The van der Waals surface area contributed by atoms with Gasteiger partial charge in [-0.2, -0.15) is 0 Å². The lowest BCUT2D eigenvalue weighted by atomic mass is 10.0. The number of rotatable bonds is 8. The summed E-state index contributed by atoms with van der Waals surface area (Å²) in [5, 5.41) is 13.7. The predicted molar refractivity (Wildman–Crippen MR) is 107 cm³/mol. The Hall–Kier alpha value is -2.28. The first kappa shape index (κ1) is 19.1. The number of piperidine rings is 1. The molecule has 2 heterocycles. The molecule has 2 aromatic carbocycles. The molecule has 0 aromatic heterocycles. The highest BCUT2D eigenvalue weighted by atomic mass is 16.7. The summed E-state index contributed by atoms with van der Waals surface area (Å²) < 4.78 is 16.3. The molecule has 6 heteroatoms. The number of nitrogens with zero attached hydrogens (tertiary/aromatic N) is 1. The quantitative estimate of drug-likeness (QED) is 0.729. The molecule has 2 N–H and O–H groups in total. The van der Waals surface area contributed by atoms with Crippen LogP contribution in [0.4, 0.5) is 0 Å². The molecule has 6 nitrogen and oxygen atoms in total. The number of hydrogen-bond acceptors (Lipinski definition) is 6. The third-order valence-corrected chi connectivity index (χ3v) is 5.27. The van der Waals surface area contributed by atoms with Crippen LogP contribution in [-0.2, 0) is 6.54 Å². The van der Waals surface area contributed by atoms with Crippen LogP contribution in [0.5, 0.6) is 17.2 Å². The molecule has 1 fully saturated rings. The molecule has 0 saturated carbocycles. The number of aliphatic hydroxyl groups is 1. The van der Waals surface area contributed by atoms with Gasteiger partial charge in [0.1, 0.15) is 18.5 Å². The number of aliphatic hydroxyl groups excluding tert-OH is 1. The Labute approximate surface area is 166 Å². The number of ether oxygens (including phenoxy) is 3. The average Bonchev–Trinajstić information content (AvgIpc) is 3.20. The summed E-state index contributed by atoms with van der Waals surface area (Å²) in [4.78, 5) is 2.49. The van der Waals surface area contributed by atoms with Crippen molar-refractivity contribution in [2.45, 2.75) is 31.5 Å². The minimum absolute atomic E-state index is 0.246. The van der Waals surface area contributed by atoms with Gasteiger partial charge in [-0.15, -0.1) is 0 Å². The second kappa shape index (κ2) is 9.28. The molecular formula is C22H28N2O4. The van der Waals surface area contributed by atoms with E-state index in [2.05, 4.69) is 40.5 Å². The van der Waals surface area contributed by atoms with Crippen molar-refractivity contribution in [3.8, 4) is 17.2 Å².